The Labute approximate surface area is 260 Å². The van der Waals surface area contributed by atoms with Gasteiger partial charge in [0.2, 0.25) is 0 Å². The lowest BCUT2D eigenvalue weighted by Gasteiger charge is -2.15. The van der Waals surface area contributed by atoms with Gasteiger partial charge in [-0.05, 0) is 85.6 Å². The van der Waals surface area contributed by atoms with Gasteiger partial charge >= 0.3 is 0 Å². The number of nitrogens with one attached hydrogen (secondary N) is 1. The molecule has 0 aliphatic carbocycles. The number of rotatable bonds is 7. The minimum atomic E-state index is -0.393. The number of aromatic nitrogens is 2. The maximum absolute atomic E-state index is 13.2. The molecule has 0 aliphatic heterocycles. The number of aryl methyl sites for hydroxylation is 2. The maximum atomic E-state index is 13.2. The fourth-order valence-corrected chi connectivity index (χ4v) is 5.71. The minimum absolute atomic E-state index is 0.344. The Kier molecular flexibility index (Phi) is 8.01. The molecule has 212 valence electrons. The Balaban J connectivity index is 1.38. The Morgan fingerprint density at radius 2 is 1.30 bits per heavy atom. The van der Waals surface area contributed by atoms with Crippen molar-refractivity contribution in [3.05, 3.63) is 154 Å². The van der Waals surface area contributed by atoms with Crippen LogP contribution in [0.3, 0.4) is 0 Å². The molecule has 0 saturated carbocycles. The van der Waals surface area contributed by atoms with E-state index in [1.54, 1.807) is 18.3 Å². The summed E-state index contributed by atoms with van der Waals surface area (Å²) in [6.07, 6.45) is 1.67. The molecule has 5 nitrogen and oxygen atoms in total. The lowest BCUT2D eigenvalue weighted by Crippen LogP contribution is -2.18. The third-order valence-electron chi connectivity index (χ3n) is 7.33. The number of amides is 1. The molecule has 0 atom stereocenters. The predicted molar refractivity (Wildman–Crippen MR) is 177 cm³/mol. The molecule has 7 heteroatoms. The monoisotopic (exact) mass is 602 g/mol. The van der Waals surface area contributed by atoms with Gasteiger partial charge in [-0.3, -0.25) is 4.79 Å². The zero-order valence-corrected chi connectivity index (χ0v) is 25.1. The summed E-state index contributed by atoms with van der Waals surface area (Å²) in [7, 11) is 0. The molecule has 6 rings (SSSR count). The smallest absolute Gasteiger partial charge is 0.272 e. The van der Waals surface area contributed by atoms with E-state index in [9.17, 15) is 4.79 Å². The van der Waals surface area contributed by atoms with Gasteiger partial charge in [-0.25, -0.2) is 5.43 Å². The molecule has 6 aromatic rings. The van der Waals surface area contributed by atoms with Gasteiger partial charge in [0, 0.05) is 33.3 Å². The molecule has 1 amide bonds. The van der Waals surface area contributed by atoms with E-state index in [0.717, 1.165) is 50.8 Å². The van der Waals surface area contributed by atoms with E-state index in [-0.39, 0.29) is 0 Å². The number of hydrogen-bond acceptors (Lipinski definition) is 2. The molecule has 43 heavy (non-hydrogen) atoms. The quantitative estimate of drug-likeness (QED) is 0.144. The largest absolute Gasteiger partial charge is 0.318 e. The van der Waals surface area contributed by atoms with Gasteiger partial charge in [-0.15, -0.1) is 0 Å². The summed E-state index contributed by atoms with van der Waals surface area (Å²) in [5.74, 6) is -0.393. The molecule has 1 N–H and O–H groups in total. The van der Waals surface area contributed by atoms with E-state index in [1.165, 1.54) is 0 Å². The number of hydrogen-bond donors (Lipinski definition) is 1. The van der Waals surface area contributed by atoms with E-state index in [0.29, 0.717) is 15.6 Å². The van der Waals surface area contributed by atoms with Gasteiger partial charge in [0.1, 0.15) is 0 Å². The summed E-state index contributed by atoms with van der Waals surface area (Å²) in [6, 6.07) is 39.6. The van der Waals surface area contributed by atoms with Crippen LogP contribution in [-0.4, -0.2) is 21.3 Å². The SMILES string of the molecule is Cc1ccc(C)n1-c1ccc(C(=O)N/N=C\c2cc(-c3ccccc3)n(-c3ccc(Cl)cc3)c2-c2ccccc2)c(Cl)c1. The maximum Gasteiger partial charge on any atom is 0.272 e. The van der Waals surface area contributed by atoms with Crippen molar-refractivity contribution in [1.82, 2.24) is 14.6 Å². The minimum Gasteiger partial charge on any atom is -0.318 e. The first-order valence-corrected chi connectivity index (χ1v) is 14.6. The zero-order chi connectivity index (χ0) is 29.9. The molecule has 4 aromatic carbocycles. The van der Waals surface area contributed by atoms with Crippen LogP contribution in [0.2, 0.25) is 10.0 Å². The summed E-state index contributed by atoms with van der Waals surface area (Å²) in [6.45, 7) is 4.06. The fourth-order valence-electron chi connectivity index (χ4n) is 5.32. The van der Waals surface area contributed by atoms with E-state index >= 15 is 0 Å². The second-order valence-corrected chi connectivity index (χ2v) is 11.0. The molecule has 0 spiro atoms. The summed E-state index contributed by atoms with van der Waals surface area (Å²) in [5.41, 5.74) is 11.8. The van der Waals surface area contributed by atoms with Crippen molar-refractivity contribution in [2.75, 3.05) is 0 Å². The molecule has 2 heterocycles. The van der Waals surface area contributed by atoms with Crippen molar-refractivity contribution < 1.29 is 4.79 Å². The number of nitrogens with zero attached hydrogens (tertiary/aromatic N) is 3. The number of carbonyl (C=O) groups is 1. The first kappa shape index (κ1) is 28.3. The Morgan fingerprint density at radius 3 is 1.93 bits per heavy atom. The third kappa shape index (κ3) is 5.78. The molecule has 0 fully saturated rings. The van der Waals surface area contributed by atoms with Gasteiger partial charge < -0.3 is 9.13 Å². The molecule has 0 unspecified atom stereocenters. The number of halogens is 2. The molecule has 2 aromatic heterocycles. The van der Waals surface area contributed by atoms with Crippen molar-refractivity contribution in [2.45, 2.75) is 13.8 Å². The molecule has 0 saturated heterocycles. The van der Waals surface area contributed by atoms with Crippen molar-refractivity contribution in [3.8, 4) is 33.9 Å². The molecule has 0 radical (unpaired) electrons. The van der Waals surface area contributed by atoms with Gasteiger partial charge in [0.25, 0.3) is 5.91 Å². The van der Waals surface area contributed by atoms with Crippen LogP contribution in [0.4, 0.5) is 0 Å². The summed E-state index contributed by atoms with van der Waals surface area (Å²) in [4.78, 5) is 13.2. The fraction of sp³-hybridized carbons (Fsp3) is 0.0556. The van der Waals surface area contributed by atoms with Gasteiger partial charge in [-0.1, -0.05) is 83.9 Å². The van der Waals surface area contributed by atoms with Crippen molar-refractivity contribution in [1.29, 1.82) is 0 Å². The molecule has 0 aliphatic rings. The Hall–Kier alpha value is -4.84. The lowest BCUT2D eigenvalue weighted by molar-refractivity contribution is 0.0955. The lowest BCUT2D eigenvalue weighted by atomic mass is 10.1. The summed E-state index contributed by atoms with van der Waals surface area (Å²) in [5, 5.41) is 5.39. The highest BCUT2D eigenvalue weighted by Crippen LogP contribution is 2.35. The average Bonchev–Trinajstić information content (AvgIpc) is 3.57. The highest BCUT2D eigenvalue weighted by Gasteiger charge is 2.19. The van der Waals surface area contributed by atoms with E-state index in [4.69, 9.17) is 23.2 Å². The van der Waals surface area contributed by atoms with Gasteiger partial charge in [0.05, 0.1) is 28.2 Å². The van der Waals surface area contributed by atoms with Crippen LogP contribution in [-0.2, 0) is 0 Å². The number of benzene rings is 4. The molecular weight excluding hydrogens is 575 g/mol. The van der Waals surface area contributed by atoms with E-state index < -0.39 is 5.91 Å². The Morgan fingerprint density at radius 1 is 0.698 bits per heavy atom. The Bertz CT molecular complexity index is 1920. The van der Waals surface area contributed by atoms with Crippen molar-refractivity contribution in [3.63, 3.8) is 0 Å². The normalized spacial score (nSPS) is 11.3. The summed E-state index contributed by atoms with van der Waals surface area (Å²) >= 11 is 12.8. The van der Waals surface area contributed by atoms with Crippen LogP contribution in [0, 0.1) is 13.8 Å². The second kappa shape index (κ2) is 12.2. The second-order valence-electron chi connectivity index (χ2n) is 10.2. The topological polar surface area (TPSA) is 51.3 Å². The molecular formula is C36H28Cl2N4O. The van der Waals surface area contributed by atoms with Crippen LogP contribution in [0.15, 0.2) is 126 Å². The number of carbonyl (C=O) groups excluding carboxylic acids is 1. The average molecular weight is 604 g/mol. The van der Waals surface area contributed by atoms with Crippen LogP contribution in [0.25, 0.3) is 33.9 Å². The highest BCUT2D eigenvalue weighted by molar-refractivity contribution is 6.34. The summed E-state index contributed by atoms with van der Waals surface area (Å²) < 4.78 is 4.28. The first-order chi connectivity index (χ1) is 20.9. The van der Waals surface area contributed by atoms with Gasteiger partial charge in [-0.2, -0.15) is 5.10 Å². The predicted octanol–water partition coefficient (Wildman–Crippen LogP) is 9.29. The zero-order valence-electron chi connectivity index (χ0n) is 23.6. The van der Waals surface area contributed by atoms with Crippen LogP contribution in [0.5, 0.6) is 0 Å². The molecule has 0 bridgehead atoms. The highest BCUT2D eigenvalue weighted by atomic mass is 35.5. The van der Waals surface area contributed by atoms with Crippen LogP contribution in [0.1, 0.15) is 27.3 Å². The first-order valence-electron chi connectivity index (χ1n) is 13.8. The van der Waals surface area contributed by atoms with E-state index in [2.05, 4.69) is 50.0 Å². The number of hydrazone groups is 1. The van der Waals surface area contributed by atoms with E-state index in [1.807, 2.05) is 92.7 Å². The van der Waals surface area contributed by atoms with Crippen LogP contribution >= 0.6 is 23.2 Å². The van der Waals surface area contributed by atoms with Crippen LogP contribution < -0.4 is 5.43 Å². The van der Waals surface area contributed by atoms with Gasteiger partial charge in [0.15, 0.2) is 0 Å². The standard InChI is InChI=1S/C36H28Cl2N4O/c1-24-13-14-25(2)41(24)31-19-20-32(33(38)22-31)36(43)40-39-23-28-21-34(26-9-5-3-6-10-26)42(30-17-15-29(37)16-18-30)35(28)27-11-7-4-8-12-27/h3-23H,1-2H3,(H,40,43)/b39-23-. The third-order valence-corrected chi connectivity index (χ3v) is 7.89. The van der Waals surface area contributed by atoms with Crippen molar-refractivity contribution in [2.24, 2.45) is 5.10 Å². The van der Waals surface area contributed by atoms with Crippen molar-refractivity contribution >= 4 is 35.3 Å².